The van der Waals surface area contributed by atoms with Crippen LogP contribution in [0.1, 0.15) is 36.7 Å². The van der Waals surface area contributed by atoms with Crippen molar-refractivity contribution in [3.8, 4) is 5.75 Å². The van der Waals surface area contributed by atoms with Crippen LogP contribution in [0.3, 0.4) is 0 Å². The van der Waals surface area contributed by atoms with Crippen molar-refractivity contribution in [2.45, 2.75) is 32.2 Å². The molecule has 1 aliphatic heterocycles. The Morgan fingerprint density at radius 1 is 1.02 bits per heavy atom. The molecule has 0 radical (unpaired) electrons. The lowest BCUT2D eigenvalue weighted by Gasteiger charge is -2.36. The molecule has 1 atom stereocenters. The third-order valence-corrected chi connectivity index (χ3v) is 6.28. The molecule has 1 aliphatic rings. The number of hydrogen-bond acceptors (Lipinski definition) is 8. The highest BCUT2D eigenvalue weighted by Crippen LogP contribution is 2.26. The Hall–Kier alpha value is -4.36. The van der Waals surface area contributed by atoms with Crippen molar-refractivity contribution in [3.05, 3.63) is 47.9 Å². The average molecular weight is 581 g/mol. The first kappa shape index (κ1) is 31.2. The number of methoxy groups -OCH3 is 1. The zero-order valence-corrected chi connectivity index (χ0v) is 22.7. The molecule has 0 aliphatic carbocycles. The molecule has 1 aromatic carbocycles. The number of nitrogens with zero attached hydrogens (tertiary/aromatic N) is 3. The lowest BCUT2D eigenvalue weighted by atomic mass is 10.1. The lowest BCUT2D eigenvalue weighted by Crippen LogP contribution is -2.56. The molecule has 3 rings (SSSR count). The van der Waals surface area contributed by atoms with Gasteiger partial charge in [0, 0.05) is 50.5 Å². The number of nitrogens with one attached hydrogen (secondary N) is 1. The Balaban J connectivity index is 1.78. The number of piperazine rings is 1. The van der Waals surface area contributed by atoms with Gasteiger partial charge < -0.3 is 29.3 Å². The van der Waals surface area contributed by atoms with Gasteiger partial charge in [-0.25, -0.2) is 14.2 Å². The molecular formula is C27H31F3N4O7. The highest BCUT2D eigenvalue weighted by atomic mass is 19.3. The molecule has 3 amide bonds. The summed E-state index contributed by atoms with van der Waals surface area (Å²) in [6.07, 6.45) is -3.80. The van der Waals surface area contributed by atoms with Crippen LogP contribution in [0.2, 0.25) is 0 Å². The number of hydrogen-bond donors (Lipinski definition) is 1. The van der Waals surface area contributed by atoms with Crippen LogP contribution < -0.4 is 10.1 Å². The number of para-hydroxylation sites is 1. The number of amides is 3. The van der Waals surface area contributed by atoms with Crippen molar-refractivity contribution < 1.29 is 46.6 Å². The third kappa shape index (κ3) is 8.56. The van der Waals surface area contributed by atoms with Crippen LogP contribution in [0.4, 0.5) is 18.0 Å². The van der Waals surface area contributed by atoms with Crippen molar-refractivity contribution >= 4 is 34.8 Å². The Bertz CT molecular complexity index is 1290. The van der Waals surface area contributed by atoms with E-state index < -0.39 is 54.9 Å². The second kappa shape index (κ2) is 14.9. The summed E-state index contributed by atoms with van der Waals surface area (Å²) in [6.45, 7) is 2.35. The minimum Gasteiger partial charge on any atom is -0.492 e. The maximum Gasteiger partial charge on any atom is 0.409 e. The molecule has 1 saturated heterocycles. The van der Waals surface area contributed by atoms with Crippen LogP contribution in [-0.4, -0.2) is 91.2 Å². The van der Waals surface area contributed by atoms with Crippen LogP contribution in [0.5, 0.6) is 5.75 Å². The summed E-state index contributed by atoms with van der Waals surface area (Å²) < 4.78 is 53.3. The minimum atomic E-state index is -2.43. The molecule has 1 fully saturated rings. The van der Waals surface area contributed by atoms with E-state index in [4.69, 9.17) is 9.47 Å². The first-order chi connectivity index (χ1) is 19.6. The van der Waals surface area contributed by atoms with Crippen molar-refractivity contribution in [2.75, 3.05) is 46.5 Å². The number of pyridine rings is 1. The van der Waals surface area contributed by atoms with E-state index in [1.807, 2.05) is 0 Å². The van der Waals surface area contributed by atoms with Gasteiger partial charge in [-0.3, -0.25) is 14.4 Å². The molecule has 0 bridgehead atoms. The van der Waals surface area contributed by atoms with E-state index in [1.54, 1.807) is 31.2 Å². The van der Waals surface area contributed by atoms with Crippen LogP contribution in [-0.2, 0) is 19.1 Å². The average Bonchev–Trinajstić information content (AvgIpc) is 2.98. The van der Waals surface area contributed by atoms with Gasteiger partial charge in [0.2, 0.25) is 5.91 Å². The van der Waals surface area contributed by atoms with Crippen LogP contribution >= 0.6 is 0 Å². The molecule has 41 heavy (non-hydrogen) atoms. The van der Waals surface area contributed by atoms with Gasteiger partial charge in [0.25, 0.3) is 5.91 Å². The first-order valence-corrected chi connectivity index (χ1v) is 12.9. The fraction of sp³-hybridized carbons (Fsp3) is 0.444. The summed E-state index contributed by atoms with van der Waals surface area (Å²) in [6, 6.07) is 6.73. The molecule has 1 N–H and O–H groups in total. The molecule has 1 aromatic heterocycles. The van der Waals surface area contributed by atoms with Crippen molar-refractivity contribution in [3.63, 3.8) is 0 Å². The topological polar surface area (TPSA) is 127 Å². The van der Waals surface area contributed by atoms with Gasteiger partial charge in [-0.1, -0.05) is 12.1 Å². The number of rotatable bonds is 11. The van der Waals surface area contributed by atoms with E-state index >= 15 is 0 Å². The first-order valence-electron chi connectivity index (χ1n) is 12.9. The van der Waals surface area contributed by atoms with E-state index in [0.717, 1.165) is 0 Å². The van der Waals surface area contributed by atoms with Gasteiger partial charge in [0.1, 0.15) is 17.5 Å². The smallest absolute Gasteiger partial charge is 0.409 e. The van der Waals surface area contributed by atoms with Crippen LogP contribution in [0.15, 0.2) is 42.2 Å². The van der Waals surface area contributed by atoms with Crippen LogP contribution in [0, 0.1) is 0 Å². The minimum absolute atomic E-state index is 0.0628. The van der Waals surface area contributed by atoms with Gasteiger partial charge in [0.15, 0.2) is 5.83 Å². The standard InChI is InChI=1S/C27H31F3N4O7/c1-3-40-27(38)34-13-11-33(12-14-34)26(37)20(8-9-23(35)39-2)32-25(36)21-16-22(41-15-10-18(28)24(29)30)17-6-4-5-7-19(17)31-21/h4-7,16,20H,3,8-15H2,1-2H3,(H,32,36). The second-order valence-corrected chi connectivity index (χ2v) is 8.94. The van der Waals surface area contributed by atoms with E-state index in [9.17, 15) is 32.3 Å². The summed E-state index contributed by atoms with van der Waals surface area (Å²) >= 11 is 0. The molecule has 2 heterocycles. The molecular weight excluding hydrogens is 549 g/mol. The molecule has 0 saturated carbocycles. The number of aromatic nitrogens is 1. The maximum atomic E-state index is 13.4. The Morgan fingerprint density at radius 2 is 1.71 bits per heavy atom. The maximum absolute atomic E-state index is 13.4. The highest BCUT2D eigenvalue weighted by Gasteiger charge is 2.31. The summed E-state index contributed by atoms with van der Waals surface area (Å²) in [5.74, 6) is -3.28. The molecule has 2 aromatic rings. The summed E-state index contributed by atoms with van der Waals surface area (Å²) in [4.78, 5) is 57.7. The van der Waals surface area contributed by atoms with E-state index in [0.29, 0.717) is 10.9 Å². The number of benzene rings is 1. The largest absolute Gasteiger partial charge is 0.492 e. The van der Waals surface area contributed by atoms with Gasteiger partial charge >= 0.3 is 18.1 Å². The molecule has 0 spiro atoms. The van der Waals surface area contributed by atoms with E-state index in [1.165, 1.54) is 23.0 Å². The predicted molar refractivity (Wildman–Crippen MR) is 140 cm³/mol. The number of ether oxygens (including phenoxy) is 3. The monoisotopic (exact) mass is 580 g/mol. The number of esters is 1. The van der Waals surface area contributed by atoms with Crippen molar-refractivity contribution in [2.24, 2.45) is 0 Å². The SMILES string of the molecule is CCOC(=O)N1CCN(C(=O)C(CCC(=O)OC)NC(=O)c2cc(OCCC(F)=C(F)F)c3ccccc3n2)CC1. The highest BCUT2D eigenvalue weighted by molar-refractivity contribution is 5.99. The number of carbonyl (C=O) groups is 4. The molecule has 1 unspecified atom stereocenters. The lowest BCUT2D eigenvalue weighted by molar-refractivity contribution is -0.141. The molecule has 11 nitrogen and oxygen atoms in total. The normalized spacial score (nSPS) is 13.8. The van der Waals surface area contributed by atoms with E-state index in [2.05, 4.69) is 15.0 Å². The Kier molecular flexibility index (Phi) is 11.3. The quantitative estimate of drug-likeness (QED) is 0.401. The number of carbonyl (C=O) groups excluding carboxylic acids is 4. The molecule has 14 heteroatoms. The second-order valence-electron chi connectivity index (χ2n) is 8.94. The number of fused-ring (bicyclic) bond motifs is 1. The molecule has 222 valence electrons. The zero-order chi connectivity index (χ0) is 29.9. The zero-order valence-electron chi connectivity index (χ0n) is 22.7. The fourth-order valence-electron chi connectivity index (χ4n) is 4.12. The van der Waals surface area contributed by atoms with Crippen molar-refractivity contribution in [1.29, 1.82) is 0 Å². The Labute approximate surface area is 234 Å². The van der Waals surface area contributed by atoms with Gasteiger partial charge in [-0.05, 0) is 25.5 Å². The summed E-state index contributed by atoms with van der Waals surface area (Å²) in [5.41, 5.74) is 0.199. The number of halogens is 3. The predicted octanol–water partition coefficient (Wildman–Crippen LogP) is 3.43. The van der Waals surface area contributed by atoms with E-state index in [-0.39, 0.29) is 57.1 Å². The third-order valence-electron chi connectivity index (χ3n) is 6.28. The summed E-state index contributed by atoms with van der Waals surface area (Å²) in [5, 5.41) is 3.08. The van der Waals surface area contributed by atoms with Crippen LogP contribution in [0.25, 0.3) is 10.9 Å². The Morgan fingerprint density at radius 3 is 2.37 bits per heavy atom. The summed E-state index contributed by atoms with van der Waals surface area (Å²) in [7, 11) is 1.20. The fourth-order valence-corrected chi connectivity index (χ4v) is 4.12. The van der Waals surface area contributed by atoms with Gasteiger partial charge in [-0.2, -0.15) is 8.78 Å². The van der Waals surface area contributed by atoms with Crippen molar-refractivity contribution in [1.82, 2.24) is 20.1 Å². The van der Waals surface area contributed by atoms with Gasteiger partial charge in [-0.15, -0.1) is 0 Å². The van der Waals surface area contributed by atoms with Gasteiger partial charge in [0.05, 0.1) is 25.8 Å².